The third-order valence-corrected chi connectivity index (χ3v) is 5.89. The van der Waals surface area contributed by atoms with Crippen molar-refractivity contribution in [2.24, 2.45) is 0 Å². The number of benzene rings is 3. The predicted octanol–water partition coefficient (Wildman–Crippen LogP) is 3.89. The molecule has 3 aromatic carbocycles. The van der Waals surface area contributed by atoms with Crippen LogP contribution in [0.5, 0.6) is 0 Å². The number of fused-ring (bicyclic) bond motifs is 6. The molecule has 0 N–H and O–H groups in total. The summed E-state index contributed by atoms with van der Waals surface area (Å²) >= 11 is 0. The minimum absolute atomic E-state index is 0.0515. The second-order valence-corrected chi connectivity index (χ2v) is 7.58. The first-order valence-corrected chi connectivity index (χ1v) is 10.4. The van der Waals surface area contributed by atoms with E-state index in [4.69, 9.17) is 9.47 Å². The zero-order valence-corrected chi connectivity index (χ0v) is 18.0. The fourth-order valence-corrected chi connectivity index (χ4v) is 4.52. The van der Waals surface area contributed by atoms with E-state index in [0.29, 0.717) is 11.3 Å². The molecule has 0 bridgehead atoms. The minimum Gasteiger partial charge on any atom is -0.466 e. The van der Waals surface area contributed by atoms with Crippen LogP contribution in [-0.2, 0) is 19.1 Å². The number of rotatable bonds is 3. The van der Waals surface area contributed by atoms with Crippen LogP contribution in [0.3, 0.4) is 0 Å². The largest absolute Gasteiger partial charge is 0.466 e. The van der Waals surface area contributed by atoms with Crippen molar-refractivity contribution < 1.29 is 23.9 Å². The fraction of sp³-hybridized carbons (Fsp3) is 0.115. The highest BCUT2D eigenvalue weighted by Crippen LogP contribution is 2.53. The Morgan fingerprint density at radius 3 is 2.03 bits per heavy atom. The summed E-state index contributed by atoms with van der Waals surface area (Å²) in [7, 11) is 2.47. The highest BCUT2D eigenvalue weighted by molar-refractivity contribution is 6.10. The molecule has 5 rings (SSSR count). The Hall–Kier alpha value is -4.39. The van der Waals surface area contributed by atoms with E-state index in [0.717, 1.165) is 16.7 Å². The number of carbonyl (C=O) groups excluding carboxylic acids is 3. The number of hydrogen-bond acceptors (Lipinski definition) is 6. The number of nitrogens with zero attached hydrogens (tertiary/aromatic N) is 2. The van der Waals surface area contributed by atoms with Crippen LogP contribution < -0.4 is 5.01 Å². The molecule has 7 nitrogen and oxygen atoms in total. The number of ether oxygens (including phenoxy) is 2. The van der Waals surface area contributed by atoms with Gasteiger partial charge in [-0.3, -0.25) is 9.80 Å². The Kier molecular flexibility index (Phi) is 4.94. The van der Waals surface area contributed by atoms with Crippen molar-refractivity contribution in [2.45, 2.75) is 6.04 Å². The maximum absolute atomic E-state index is 13.8. The molecule has 2 aliphatic heterocycles. The van der Waals surface area contributed by atoms with Gasteiger partial charge in [-0.15, -0.1) is 0 Å². The SMILES string of the molecule is COC(=O)C1=C(C(=O)OC)N(C(=O)c2ccccc2)N2c3ccccc3-c3ccccc3C12. The third kappa shape index (κ3) is 3.01. The molecule has 7 heteroatoms. The van der Waals surface area contributed by atoms with Gasteiger partial charge in [0.15, 0.2) is 5.70 Å². The normalized spacial score (nSPS) is 16.0. The van der Waals surface area contributed by atoms with Crippen molar-refractivity contribution >= 4 is 23.5 Å². The molecule has 0 spiro atoms. The van der Waals surface area contributed by atoms with E-state index in [1.807, 2.05) is 48.5 Å². The zero-order chi connectivity index (χ0) is 23.1. The maximum Gasteiger partial charge on any atom is 0.357 e. The number of para-hydroxylation sites is 1. The molecule has 1 unspecified atom stereocenters. The summed E-state index contributed by atoms with van der Waals surface area (Å²) in [5, 5.41) is 2.93. The smallest absolute Gasteiger partial charge is 0.357 e. The van der Waals surface area contributed by atoms with Crippen LogP contribution in [0, 0.1) is 0 Å². The number of amides is 1. The quantitative estimate of drug-likeness (QED) is 0.576. The number of esters is 2. The first-order valence-electron chi connectivity index (χ1n) is 10.4. The molecule has 1 amide bonds. The van der Waals surface area contributed by atoms with Gasteiger partial charge < -0.3 is 9.47 Å². The second-order valence-electron chi connectivity index (χ2n) is 7.58. The molecule has 2 aliphatic rings. The molecule has 1 atom stereocenters. The lowest BCUT2D eigenvalue weighted by Gasteiger charge is -2.40. The molecule has 0 aliphatic carbocycles. The summed E-state index contributed by atoms with van der Waals surface area (Å²) in [6.07, 6.45) is 0. The van der Waals surface area contributed by atoms with E-state index < -0.39 is 23.9 Å². The highest BCUT2D eigenvalue weighted by atomic mass is 16.5. The monoisotopic (exact) mass is 440 g/mol. The zero-order valence-electron chi connectivity index (χ0n) is 18.0. The van der Waals surface area contributed by atoms with Crippen LogP contribution in [0.1, 0.15) is 22.0 Å². The van der Waals surface area contributed by atoms with Crippen molar-refractivity contribution in [3.05, 3.63) is 101 Å². The Balaban J connectivity index is 1.84. The molecule has 0 saturated heterocycles. The molecule has 0 radical (unpaired) electrons. The average Bonchev–Trinajstić information content (AvgIpc) is 3.24. The van der Waals surface area contributed by atoms with Crippen LogP contribution in [0.2, 0.25) is 0 Å². The van der Waals surface area contributed by atoms with Gasteiger partial charge in [0, 0.05) is 11.1 Å². The molecule has 164 valence electrons. The lowest BCUT2D eigenvalue weighted by Crippen LogP contribution is -2.46. The molecular formula is C26H20N2O5. The van der Waals surface area contributed by atoms with Crippen LogP contribution in [0.15, 0.2) is 90.1 Å². The highest BCUT2D eigenvalue weighted by Gasteiger charge is 2.52. The number of carbonyl (C=O) groups is 3. The molecule has 0 aromatic heterocycles. The van der Waals surface area contributed by atoms with Gasteiger partial charge >= 0.3 is 11.9 Å². The fourth-order valence-electron chi connectivity index (χ4n) is 4.52. The van der Waals surface area contributed by atoms with Gasteiger partial charge in [-0.25, -0.2) is 14.6 Å². The molecule has 2 heterocycles. The summed E-state index contributed by atoms with van der Waals surface area (Å²) in [6, 6.07) is 23.0. The summed E-state index contributed by atoms with van der Waals surface area (Å²) in [5.74, 6) is -1.97. The van der Waals surface area contributed by atoms with Crippen LogP contribution >= 0.6 is 0 Å². The number of hydrogen-bond donors (Lipinski definition) is 0. The maximum atomic E-state index is 13.8. The summed E-state index contributed by atoms with van der Waals surface area (Å²) in [4.78, 5) is 39.9. The van der Waals surface area contributed by atoms with E-state index in [1.165, 1.54) is 19.2 Å². The number of methoxy groups -OCH3 is 2. The van der Waals surface area contributed by atoms with Gasteiger partial charge in [0.1, 0.15) is 6.04 Å². The minimum atomic E-state index is -0.802. The van der Waals surface area contributed by atoms with Crippen molar-refractivity contribution in [3.8, 4) is 11.1 Å². The third-order valence-electron chi connectivity index (χ3n) is 5.89. The van der Waals surface area contributed by atoms with Gasteiger partial charge in [0.2, 0.25) is 0 Å². The van der Waals surface area contributed by atoms with Crippen molar-refractivity contribution in [1.29, 1.82) is 0 Å². The van der Waals surface area contributed by atoms with E-state index in [2.05, 4.69) is 0 Å². The van der Waals surface area contributed by atoms with Crippen molar-refractivity contribution in [3.63, 3.8) is 0 Å². The van der Waals surface area contributed by atoms with Gasteiger partial charge in [0.25, 0.3) is 5.91 Å². The molecule has 0 fully saturated rings. The van der Waals surface area contributed by atoms with E-state index >= 15 is 0 Å². The standard InChI is InChI=1S/C26H20N2O5/c1-32-25(30)21-22-19-14-7-6-12-17(19)18-13-8-9-15-20(18)27(22)28(23(21)26(31)33-2)24(29)16-10-4-3-5-11-16/h3-15,22H,1-2H3. The molecule has 0 saturated carbocycles. The van der Waals surface area contributed by atoms with E-state index in [1.54, 1.807) is 35.3 Å². The summed E-state index contributed by atoms with van der Waals surface area (Å²) < 4.78 is 10.1. The molecule has 33 heavy (non-hydrogen) atoms. The van der Waals surface area contributed by atoms with Crippen LogP contribution in [0.25, 0.3) is 11.1 Å². The lowest BCUT2D eigenvalue weighted by atomic mass is 9.86. The Morgan fingerprint density at radius 1 is 0.727 bits per heavy atom. The summed E-state index contributed by atoms with van der Waals surface area (Å²) in [5.41, 5.74) is 3.51. The van der Waals surface area contributed by atoms with E-state index in [9.17, 15) is 14.4 Å². The van der Waals surface area contributed by atoms with Crippen molar-refractivity contribution in [1.82, 2.24) is 5.01 Å². The second kappa shape index (κ2) is 7.94. The number of hydrazine groups is 1. The van der Waals surface area contributed by atoms with Crippen LogP contribution in [0.4, 0.5) is 5.69 Å². The Labute approximate surface area is 190 Å². The Morgan fingerprint density at radius 2 is 1.33 bits per heavy atom. The van der Waals surface area contributed by atoms with Crippen LogP contribution in [-0.4, -0.2) is 37.1 Å². The van der Waals surface area contributed by atoms with Gasteiger partial charge in [-0.05, 0) is 29.3 Å². The average molecular weight is 440 g/mol. The van der Waals surface area contributed by atoms with Gasteiger partial charge in [0.05, 0.1) is 25.5 Å². The molecule has 3 aromatic rings. The van der Waals surface area contributed by atoms with Crippen molar-refractivity contribution in [2.75, 3.05) is 19.2 Å². The lowest BCUT2D eigenvalue weighted by molar-refractivity contribution is -0.140. The molecular weight excluding hydrogens is 420 g/mol. The first kappa shape index (κ1) is 20.5. The first-order chi connectivity index (χ1) is 16.1. The van der Waals surface area contributed by atoms with Gasteiger partial charge in [-0.1, -0.05) is 60.7 Å². The predicted molar refractivity (Wildman–Crippen MR) is 121 cm³/mol. The van der Waals surface area contributed by atoms with Gasteiger partial charge in [-0.2, -0.15) is 0 Å². The number of anilines is 1. The Bertz CT molecular complexity index is 1320. The van der Waals surface area contributed by atoms with E-state index in [-0.39, 0.29) is 11.3 Å². The summed E-state index contributed by atoms with van der Waals surface area (Å²) in [6.45, 7) is 0. The topological polar surface area (TPSA) is 76.2 Å².